The highest BCUT2D eigenvalue weighted by Gasteiger charge is 2.18. The van der Waals surface area contributed by atoms with Crippen molar-refractivity contribution in [2.45, 2.75) is 79.7 Å². The quantitative estimate of drug-likeness (QED) is 0.429. The lowest BCUT2D eigenvalue weighted by Gasteiger charge is -2.04. The van der Waals surface area contributed by atoms with E-state index in [-0.39, 0.29) is 5.78 Å². The van der Waals surface area contributed by atoms with Crippen LogP contribution in [0, 0.1) is 0 Å². The average Bonchev–Trinajstić information content (AvgIpc) is 3.45. The van der Waals surface area contributed by atoms with E-state index in [0.29, 0.717) is 12.2 Å². The molecule has 31 heavy (non-hydrogen) atoms. The molecule has 1 aliphatic rings. The molecule has 0 amide bonds. The largest absolute Gasteiger partial charge is 0.291 e. The minimum Gasteiger partial charge on any atom is -0.291 e. The van der Waals surface area contributed by atoms with E-state index < -0.39 is 0 Å². The van der Waals surface area contributed by atoms with Gasteiger partial charge in [-0.3, -0.25) is 4.79 Å². The van der Waals surface area contributed by atoms with Crippen molar-refractivity contribution in [3.8, 4) is 0 Å². The van der Waals surface area contributed by atoms with Gasteiger partial charge in [0.05, 0.1) is 0 Å². The van der Waals surface area contributed by atoms with E-state index in [1.54, 1.807) is 0 Å². The van der Waals surface area contributed by atoms with Crippen LogP contribution >= 0.6 is 0 Å². The van der Waals surface area contributed by atoms with Crippen LogP contribution in [0.25, 0.3) is 0 Å². The van der Waals surface area contributed by atoms with E-state index in [1.807, 2.05) is 61.9 Å². The molecular weight excluding hydrogens is 382 g/mol. The fraction of sp³-hybridized carbons (Fsp3) is 0.444. The molecule has 4 heteroatoms. The first kappa shape index (κ1) is 26.3. The molecule has 1 aliphatic heterocycles. The number of carbonyl (C=O) groups excluding carboxylic acids is 1. The number of fused-ring (bicyclic) bond motifs is 1. The number of aryl methyl sites for hydroxylation is 4. The standard InChI is InChI=1S/C11H16.C8H11N3O.C6H6.C2H6/c1-3-7-11-9-6-5-8-10(11)4-2;1-2-6(12)8-9-7-4-3-5-11(7)10-8;1-2-4-6-5-3-1;1-2/h5-6,8-9H,3-4,7H2,1-2H3;2-5H2,1H3;1-6H;1-2H3. The fourth-order valence-electron chi connectivity index (χ4n) is 3.20. The Labute approximate surface area is 188 Å². The number of aromatic nitrogens is 3. The molecule has 2 aromatic carbocycles. The Hall–Kier alpha value is -2.75. The van der Waals surface area contributed by atoms with Gasteiger partial charge in [0.25, 0.3) is 0 Å². The summed E-state index contributed by atoms with van der Waals surface area (Å²) < 4.78 is 1.84. The van der Waals surface area contributed by atoms with Crippen molar-refractivity contribution in [2.24, 2.45) is 0 Å². The summed E-state index contributed by atoms with van der Waals surface area (Å²) in [5, 5.41) is 4.12. The first-order valence-corrected chi connectivity index (χ1v) is 11.7. The Morgan fingerprint density at radius 1 is 0.903 bits per heavy atom. The van der Waals surface area contributed by atoms with Gasteiger partial charge in [0.15, 0.2) is 0 Å². The molecule has 0 aliphatic carbocycles. The number of hydrogen-bond donors (Lipinski definition) is 0. The van der Waals surface area contributed by atoms with Gasteiger partial charge in [-0.05, 0) is 30.4 Å². The van der Waals surface area contributed by atoms with Crippen molar-refractivity contribution < 1.29 is 4.79 Å². The lowest BCUT2D eigenvalue weighted by molar-refractivity contribution is 0.0977. The number of nitrogens with zero attached hydrogens (tertiary/aromatic N) is 3. The molecule has 168 valence electrons. The van der Waals surface area contributed by atoms with Crippen molar-refractivity contribution in [1.29, 1.82) is 0 Å². The number of rotatable bonds is 5. The highest BCUT2D eigenvalue weighted by molar-refractivity contribution is 5.92. The van der Waals surface area contributed by atoms with Gasteiger partial charge in [-0.2, -0.15) is 0 Å². The first-order chi connectivity index (χ1) is 15.2. The fourth-order valence-corrected chi connectivity index (χ4v) is 3.20. The molecule has 0 N–H and O–H groups in total. The van der Waals surface area contributed by atoms with Crippen LogP contribution in [0.1, 0.15) is 81.5 Å². The molecule has 4 nitrogen and oxygen atoms in total. The Bertz CT molecular complexity index is 808. The maximum atomic E-state index is 11.2. The van der Waals surface area contributed by atoms with Crippen LogP contribution < -0.4 is 0 Å². The van der Waals surface area contributed by atoms with E-state index >= 15 is 0 Å². The van der Waals surface area contributed by atoms with Gasteiger partial charge in [-0.1, -0.05) is 102 Å². The lowest BCUT2D eigenvalue weighted by Crippen LogP contribution is -2.02. The third kappa shape index (κ3) is 9.29. The van der Waals surface area contributed by atoms with Crippen molar-refractivity contribution in [3.63, 3.8) is 0 Å². The van der Waals surface area contributed by atoms with Crippen molar-refractivity contribution in [2.75, 3.05) is 0 Å². The van der Waals surface area contributed by atoms with Crippen molar-refractivity contribution in [1.82, 2.24) is 14.8 Å². The van der Waals surface area contributed by atoms with Gasteiger partial charge in [0.1, 0.15) is 5.82 Å². The maximum absolute atomic E-state index is 11.2. The zero-order chi connectivity index (χ0) is 22.9. The molecule has 0 spiro atoms. The number of hydrogen-bond acceptors (Lipinski definition) is 3. The van der Waals surface area contributed by atoms with Gasteiger partial charge in [0, 0.05) is 19.4 Å². The van der Waals surface area contributed by atoms with Crippen LogP contribution in [0.2, 0.25) is 0 Å². The van der Waals surface area contributed by atoms with Gasteiger partial charge in [-0.25, -0.2) is 9.67 Å². The second-order valence-corrected chi connectivity index (χ2v) is 6.98. The number of ketones is 1. The van der Waals surface area contributed by atoms with E-state index in [0.717, 1.165) is 31.6 Å². The molecule has 1 aromatic heterocycles. The zero-order valence-corrected chi connectivity index (χ0v) is 20.0. The smallest absolute Gasteiger partial charge is 0.217 e. The van der Waals surface area contributed by atoms with Gasteiger partial charge in [-0.15, -0.1) is 5.10 Å². The van der Waals surface area contributed by atoms with Crippen molar-refractivity contribution in [3.05, 3.63) is 83.4 Å². The first-order valence-electron chi connectivity index (χ1n) is 11.7. The summed E-state index contributed by atoms with van der Waals surface area (Å²) in [4.78, 5) is 15.3. The number of carbonyl (C=O) groups is 1. The van der Waals surface area contributed by atoms with Crippen LogP contribution in [-0.4, -0.2) is 20.5 Å². The predicted octanol–water partition coefficient (Wildman–Crippen LogP) is 6.73. The van der Waals surface area contributed by atoms with E-state index in [4.69, 9.17) is 0 Å². The molecule has 0 unspecified atom stereocenters. The van der Waals surface area contributed by atoms with Crippen LogP contribution in [-0.2, 0) is 25.8 Å². The number of Topliss-reactive ketones (excluding diaryl/α,β-unsaturated/α-hetero) is 1. The summed E-state index contributed by atoms with van der Waals surface area (Å²) in [6.45, 7) is 11.2. The Morgan fingerprint density at radius 2 is 1.48 bits per heavy atom. The van der Waals surface area contributed by atoms with Crippen LogP contribution in [0.5, 0.6) is 0 Å². The molecule has 4 rings (SSSR count). The molecule has 3 aromatic rings. The summed E-state index contributed by atoms with van der Waals surface area (Å²) in [6.07, 6.45) is 6.20. The Morgan fingerprint density at radius 3 is 1.97 bits per heavy atom. The van der Waals surface area contributed by atoms with Crippen molar-refractivity contribution >= 4 is 5.78 Å². The molecule has 0 saturated heterocycles. The maximum Gasteiger partial charge on any atom is 0.217 e. The minimum atomic E-state index is 0.0388. The summed E-state index contributed by atoms with van der Waals surface area (Å²) in [7, 11) is 0. The predicted molar refractivity (Wildman–Crippen MR) is 131 cm³/mol. The van der Waals surface area contributed by atoms with Crippen LogP contribution in [0.3, 0.4) is 0 Å². The molecule has 0 atom stereocenters. The highest BCUT2D eigenvalue weighted by atomic mass is 16.1. The highest BCUT2D eigenvalue weighted by Crippen LogP contribution is 2.12. The SMILES string of the molecule is CC.CCC(=O)c1nc2n(n1)CCC2.CCCc1ccccc1CC.c1ccccc1. The van der Waals surface area contributed by atoms with Gasteiger partial charge >= 0.3 is 0 Å². The topological polar surface area (TPSA) is 47.8 Å². The third-order valence-corrected chi connectivity index (χ3v) is 4.77. The lowest BCUT2D eigenvalue weighted by atomic mass is 10.0. The van der Waals surface area contributed by atoms with Crippen LogP contribution in [0.4, 0.5) is 0 Å². The summed E-state index contributed by atoms with van der Waals surface area (Å²) in [5.74, 6) is 1.40. The van der Waals surface area contributed by atoms with Crippen LogP contribution in [0.15, 0.2) is 60.7 Å². The molecule has 0 saturated carbocycles. The van der Waals surface area contributed by atoms with E-state index in [9.17, 15) is 4.79 Å². The second kappa shape index (κ2) is 16.0. The minimum absolute atomic E-state index is 0.0388. The Balaban J connectivity index is 0.000000234. The zero-order valence-electron chi connectivity index (χ0n) is 20.0. The average molecular weight is 422 g/mol. The third-order valence-electron chi connectivity index (χ3n) is 4.77. The summed E-state index contributed by atoms with van der Waals surface area (Å²) in [5.41, 5.74) is 3.03. The molecule has 0 bridgehead atoms. The second-order valence-electron chi connectivity index (χ2n) is 6.98. The Kier molecular flexibility index (Phi) is 13.6. The normalized spacial score (nSPS) is 11.0. The molecular formula is C27H39N3O. The monoisotopic (exact) mass is 421 g/mol. The van der Waals surface area contributed by atoms with E-state index in [1.165, 1.54) is 24.0 Å². The molecule has 0 radical (unpaired) electrons. The summed E-state index contributed by atoms with van der Waals surface area (Å²) >= 11 is 0. The van der Waals surface area contributed by atoms with Gasteiger partial charge < -0.3 is 0 Å². The molecule has 2 heterocycles. The summed E-state index contributed by atoms with van der Waals surface area (Å²) in [6, 6.07) is 20.7. The van der Waals surface area contributed by atoms with E-state index in [2.05, 4.69) is 48.2 Å². The van der Waals surface area contributed by atoms with Gasteiger partial charge in [0.2, 0.25) is 11.6 Å². The number of benzene rings is 2. The molecule has 0 fully saturated rings.